The maximum Gasteiger partial charge on any atom is 0.223 e. The summed E-state index contributed by atoms with van der Waals surface area (Å²) in [6.45, 7) is 0.832. The third-order valence-electron chi connectivity index (χ3n) is 4.39. The lowest BCUT2D eigenvalue weighted by Crippen LogP contribution is -2.38. The maximum atomic E-state index is 12.6. The Morgan fingerprint density at radius 2 is 2.08 bits per heavy atom. The minimum absolute atomic E-state index is 0. The van der Waals surface area contributed by atoms with Crippen molar-refractivity contribution < 1.29 is 4.79 Å². The first kappa shape index (κ1) is 20.3. The molecule has 0 radical (unpaired) electrons. The molecular weight excluding hydrogens is 347 g/mol. The first-order chi connectivity index (χ1) is 10.8. The summed E-state index contributed by atoms with van der Waals surface area (Å²) in [6, 6.07) is 7.92. The largest absolute Gasteiger partial charge is 0.399 e. The van der Waals surface area contributed by atoms with Crippen LogP contribution < -0.4 is 5.73 Å². The molecule has 3 rings (SSSR count). The Hall–Kier alpha value is -1.72. The number of piperidine rings is 1. The Balaban J connectivity index is 0.00000144. The van der Waals surface area contributed by atoms with Gasteiger partial charge >= 0.3 is 0 Å². The quantitative estimate of drug-likeness (QED) is 0.808. The van der Waals surface area contributed by atoms with Gasteiger partial charge in [0.05, 0.1) is 12.2 Å². The van der Waals surface area contributed by atoms with E-state index < -0.39 is 0 Å². The third kappa shape index (κ3) is 4.65. The summed E-state index contributed by atoms with van der Waals surface area (Å²) < 4.78 is 0. The lowest BCUT2D eigenvalue weighted by molar-refractivity contribution is -0.135. The van der Waals surface area contributed by atoms with Crippen LogP contribution in [0.5, 0.6) is 0 Å². The Labute approximate surface area is 154 Å². The summed E-state index contributed by atoms with van der Waals surface area (Å²) in [6.07, 6.45) is 8.16. The molecule has 0 spiro atoms. The number of aromatic nitrogens is 2. The lowest BCUT2D eigenvalue weighted by atomic mass is 9.96. The van der Waals surface area contributed by atoms with Gasteiger partial charge in [0, 0.05) is 30.4 Å². The fraction of sp³-hybridized carbons (Fsp3) is 0.412. The standard InChI is InChI=1S/C17H22N4O.2ClH/c18-15-6-2-1-5-13(15)8-9-17(22)21-10-4-3-7-16(21)14-11-19-20-12-14;;/h1-2,5-6,11-12,16H,3-4,7-10,18H2,(H,19,20);2*1H. The summed E-state index contributed by atoms with van der Waals surface area (Å²) >= 11 is 0. The number of carbonyl (C=O) groups is 1. The molecule has 0 aliphatic carbocycles. The van der Waals surface area contributed by atoms with Gasteiger partial charge in [-0.15, -0.1) is 24.8 Å². The monoisotopic (exact) mass is 370 g/mol. The number of aryl methyl sites for hydroxylation is 1. The van der Waals surface area contributed by atoms with Crippen LogP contribution in [0.4, 0.5) is 5.69 Å². The number of nitrogen functional groups attached to an aromatic ring is 1. The molecule has 1 aromatic heterocycles. The van der Waals surface area contributed by atoms with Gasteiger partial charge in [0.2, 0.25) is 5.91 Å². The molecule has 7 heteroatoms. The normalized spacial score (nSPS) is 16.8. The van der Waals surface area contributed by atoms with Crippen molar-refractivity contribution in [1.82, 2.24) is 15.1 Å². The fourth-order valence-electron chi connectivity index (χ4n) is 3.17. The second-order valence-electron chi connectivity index (χ2n) is 5.83. The second kappa shape index (κ2) is 9.55. The van der Waals surface area contributed by atoms with Crippen LogP contribution in [0.15, 0.2) is 36.7 Å². The third-order valence-corrected chi connectivity index (χ3v) is 4.39. The van der Waals surface area contributed by atoms with Crippen molar-refractivity contribution in [2.45, 2.75) is 38.1 Å². The van der Waals surface area contributed by atoms with E-state index in [4.69, 9.17) is 5.73 Å². The molecule has 0 bridgehead atoms. The van der Waals surface area contributed by atoms with Crippen molar-refractivity contribution in [3.05, 3.63) is 47.8 Å². The number of nitrogens with one attached hydrogen (secondary N) is 1. The zero-order chi connectivity index (χ0) is 15.4. The molecule has 132 valence electrons. The predicted molar refractivity (Wildman–Crippen MR) is 101 cm³/mol. The van der Waals surface area contributed by atoms with Gasteiger partial charge in [-0.3, -0.25) is 9.89 Å². The van der Waals surface area contributed by atoms with E-state index in [9.17, 15) is 4.79 Å². The maximum absolute atomic E-state index is 12.6. The minimum atomic E-state index is 0. The molecule has 1 unspecified atom stereocenters. The number of anilines is 1. The van der Waals surface area contributed by atoms with Gasteiger partial charge in [-0.2, -0.15) is 5.10 Å². The number of carbonyl (C=O) groups excluding carboxylic acids is 1. The highest BCUT2D eigenvalue weighted by Crippen LogP contribution is 2.31. The molecule has 1 aromatic carbocycles. The van der Waals surface area contributed by atoms with Crippen LogP contribution in [0.25, 0.3) is 0 Å². The summed E-state index contributed by atoms with van der Waals surface area (Å²) in [5.74, 6) is 0.203. The van der Waals surface area contributed by atoms with Crippen LogP contribution in [0.2, 0.25) is 0 Å². The van der Waals surface area contributed by atoms with E-state index in [2.05, 4.69) is 10.2 Å². The highest BCUT2D eigenvalue weighted by Gasteiger charge is 2.28. The van der Waals surface area contributed by atoms with Crippen molar-refractivity contribution in [2.24, 2.45) is 0 Å². The van der Waals surface area contributed by atoms with E-state index in [0.717, 1.165) is 42.6 Å². The van der Waals surface area contributed by atoms with E-state index in [1.807, 2.05) is 41.6 Å². The van der Waals surface area contributed by atoms with Gasteiger partial charge in [-0.1, -0.05) is 18.2 Å². The van der Waals surface area contributed by atoms with Gasteiger partial charge in [0.25, 0.3) is 0 Å². The van der Waals surface area contributed by atoms with Crippen molar-refractivity contribution in [1.29, 1.82) is 0 Å². The number of nitrogens with zero attached hydrogens (tertiary/aromatic N) is 2. The molecule has 2 aromatic rings. The average molecular weight is 371 g/mol. The average Bonchev–Trinajstić information content (AvgIpc) is 3.08. The number of benzene rings is 1. The Morgan fingerprint density at radius 3 is 2.79 bits per heavy atom. The zero-order valence-corrected chi connectivity index (χ0v) is 15.1. The molecule has 5 nitrogen and oxygen atoms in total. The molecule has 3 N–H and O–H groups in total. The highest BCUT2D eigenvalue weighted by atomic mass is 35.5. The molecule has 24 heavy (non-hydrogen) atoms. The molecule has 1 amide bonds. The van der Waals surface area contributed by atoms with Crippen LogP contribution in [-0.2, 0) is 11.2 Å². The summed E-state index contributed by atoms with van der Waals surface area (Å²) in [4.78, 5) is 14.7. The number of nitrogens with two attached hydrogens (primary N) is 1. The number of halogens is 2. The number of H-pyrrole nitrogens is 1. The van der Waals surface area contributed by atoms with Crippen molar-refractivity contribution in [3.63, 3.8) is 0 Å². The van der Waals surface area contributed by atoms with Gasteiger partial charge in [0.15, 0.2) is 0 Å². The van der Waals surface area contributed by atoms with E-state index in [1.54, 1.807) is 0 Å². The zero-order valence-electron chi connectivity index (χ0n) is 13.5. The van der Waals surface area contributed by atoms with Gasteiger partial charge < -0.3 is 10.6 Å². The van der Waals surface area contributed by atoms with Gasteiger partial charge in [0.1, 0.15) is 0 Å². The molecular formula is C17H24Cl2N4O. The van der Waals surface area contributed by atoms with E-state index in [0.29, 0.717) is 12.8 Å². The SMILES string of the molecule is Cl.Cl.Nc1ccccc1CCC(=O)N1CCCCC1c1cn[nH]c1. The molecule has 0 saturated carbocycles. The van der Waals surface area contributed by atoms with Crippen molar-refractivity contribution in [2.75, 3.05) is 12.3 Å². The molecule has 1 aliphatic rings. The molecule has 2 heterocycles. The van der Waals surface area contributed by atoms with Crippen molar-refractivity contribution in [3.8, 4) is 0 Å². The molecule has 1 fully saturated rings. The topological polar surface area (TPSA) is 75.0 Å². The highest BCUT2D eigenvalue weighted by molar-refractivity contribution is 5.85. The van der Waals surface area contributed by atoms with Crippen LogP contribution in [0.3, 0.4) is 0 Å². The van der Waals surface area contributed by atoms with Crippen LogP contribution in [-0.4, -0.2) is 27.5 Å². The van der Waals surface area contributed by atoms with E-state index >= 15 is 0 Å². The van der Waals surface area contributed by atoms with Crippen LogP contribution in [0.1, 0.15) is 42.9 Å². The van der Waals surface area contributed by atoms with Crippen molar-refractivity contribution >= 4 is 36.4 Å². The Kier molecular flexibility index (Phi) is 8.08. The fourth-order valence-corrected chi connectivity index (χ4v) is 3.17. The van der Waals surface area contributed by atoms with Crippen LogP contribution >= 0.6 is 24.8 Å². The smallest absolute Gasteiger partial charge is 0.223 e. The number of hydrogen-bond acceptors (Lipinski definition) is 3. The summed E-state index contributed by atoms with van der Waals surface area (Å²) in [5, 5.41) is 6.86. The molecule has 1 saturated heterocycles. The van der Waals surface area contributed by atoms with E-state index in [1.165, 1.54) is 0 Å². The summed E-state index contributed by atoms with van der Waals surface area (Å²) in [7, 11) is 0. The Bertz CT molecular complexity index is 633. The number of para-hydroxylation sites is 1. The number of likely N-dealkylation sites (tertiary alicyclic amines) is 1. The van der Waals surface area contributed by atoms with Gasteiger partial charge in [-0.05, 0) is 37.3 Å². The first-order valence-corrected chi connectivity index (χ1v) is 7.87. The van der Waals surface area contributed by atoms with Crippen LogP contribution in [0, 0.1) is 0 Å². The summed E-state index contributed by atoms with van der Waals surface area (Å²) in [5.41, 5.74) is 8.87. The number of rotatable bonds is 4. The first-order valence-electron chi connectivity index (χ1n) is 7.87. The number of aromatic amines is 1. The Morgan fingerprint density at radius 1 is 1.29 bits per heavy atom. The van der Waals surface area contributed by atoms with E-state index in [-0.39, 0.29) is 36.8 Å². The minimum Gasteiger partial charge on any atom is -0.399 e. The second-order valence-corrected chi connectivity index (χ2v) is 5.83. The predicted octanol–water partition coefficient (Wildman–Crippen LogP) is 3.52. The lowest BCUT2D eigenvalue weighted by Gasteiger charge is -2.35. The number of amides is 1. The molecule has 1 atom stereocenters. The van der Waals surface area contributed by atoms with Gasteiger partial charge in [-0.25, -0.2) is 0 Å². The number of hydrogen-bond donors (Lipinski definition) is 2. The molecule has 1 aliphatic heterocycles.